The number of carbonyl (C=O) groups excluding carboxylic acids is 2. The van der Waals surface area contributed by atoms with Crippen LogP contribution in [0.3, 0.4) is 0 Å². The molecule has 3 heterocycles. The van der Waals surface area contributed by atoms with Crippen molar-refractivity contribution in [2.45, 2.75) is 12.6 Å². The number of amides is 2. The summed E-state index contributed by atoms with van der Waals surface area (Å²) in [5.41, 5.74) is 1.35. The number of benzene rings is 1. The van der Waals surface area contributed by atoms with Crippen molar-refractivity contribution < 1.29 is 18.7 Å². The van der Waals surface area contributed by atoms with Gasteiger partial charge in [-0.3, -0.25) is 9.69 Å². The minimum atomic E-state index is -0.593. The molecule has 2 amide bonds. The zero-order chi connectivity index (χ0) is 21.1. The molecule has 0 aliphatic carbocycles. The summed E-state index contributed by atoms with van der Waals surface area (Å²) in [5, 5.41) is 6.63. The molecule has 1 atom stereocenters. The Labute approximate surface area is 176 Å². The lowest BCUT2D eigenvalue weighted by Gasteiger charge is -2.14. The van der Waals surface area contributed by atoms with Crippen molar-refractivity contribution in [1.29, 1.82) is 0 Å². The second kappa shape index (κ2) is 8.53. The molecule has 1 N–H and O–H groups in total. The largest absolute Gasteiger partial charge is 0.442 e. The third-order valence-corrected chi connectivity index (χ3v) is 4.78. The second-order valence-electron chi connectivity index (χ2n) is 6.58. The molecule has 1 aromatic carbocycles. The number of thiol groups is 1. The first-order chi connectivity index (χ1) is 14.5. The minimum Gasteiger partial charge on any atom is -0.442 e. The van der Waals surface area contributed by atoms with E-state index in [9.17, 15) is 14.0 Å². The van der Waals surface area contributed by atoms with Crippen molar-refractivity contribution in [3.8, 4) is 5.69 Å². The number of cyclic esters (lactones) is 1. The first-order valence-electron chi connectivity index (χ1n) is 9.04. The number of aromatic nitrogens is 5. The Bertz CT molecular complexity index is 1060. The lowest BCUT2D eigenvalue weighted by molar-refractivity contribution is -0.118. The molecule has 1 fully saturated rings. The van der Waals surface area contributed by atoms with Gasteiger partial charge >= 0.3 is 6.09 Å². The Morgan fingerprint density at radius 1 is 1.37 bits per heavy atom. The molecule has 1 aliphatic heterocycles. The van der Waals surface area contributed by atoms with Gasteiger partial charge < -0.3 is 14.6 Å². The third kappa shape index (κ3) is 4.27. The van der Waals surface area contributed by atoms with Gasteiger partial charge in [0, 0.05) is 6.20 Å². The number of hydrogen-bond donors (Lipinski definition) is 2. The second-order valence-corrected chi connectivity index (χ2v) is 6.90. The number of halogens is 1. The summed E-state index contributed by atoms with van der Waals surface area (Å²) >= 11 is 3.87. The van der Waals surface area contributed by atoms with Gasteiger partial charge in [0.2, 0.25) is 5.91 Å². The van der Waals surface area contributed by atoms with E-state index >= 15 is 0 Å². The summed E-state index contributed by atoms with van der Waals surface area (Å²) < 4.78 is 23.2. The number of imidazole rings is 1. The fraction of sp³-hybridized carbons (Fsp3) is 0.278. The molecule has 0 radical (unpaired) electrons. The monoisotopic (exact) mass is 431 g/mol. The summed E-state index contributed by atoms with van der Waals surface area (Å²) in [6, 6.07) is 4.46. The first kappa shape index (κ1) is 19.9. The lowest BCUT2D eigenvalue weighted by atomic mass is 10.2. The Hall–Kier alpha value is -3.41. The van der Waals surface area contributed by atoms with E-state index in [-0.39, 0.29) is 24.7 Å². The van der Waals surface area contributed by atoms with Gasteiger partial charge in [0.25, 0.3) is 0 Å². The van der Waals surface area contributed by atoms with Crippen LogP contribution < -0.4 is 10.2 Å². The average Bonchev–Trinajstić information content (AvgIpc) is 3.48. The number of carbonyl (C=O) groups is 2. The van der Waals surface area contributed by atoms with E-state index in [1.165, 1.54) is 23.6 Å². The van der Waals surface area contributed by atoms with Crippen LogP contribution in [-0.4, -0.2) is 61.3 Å². The molecule has 1 saturated heterocycles. The maximum atomic E-state index is 14.8. The molecule has 12 heteroatoms. The van der Waals surface area contributed by atoms with Crippen molar-refractivity contribution in [3.05, 3.63) is 54.9 Å². The summed E-state index contributed by atoms with van der Waals surface area (Å²) in [6.07, 6.45) is 5.10. The van der Waals surface area contributed by atoms with E-state index in [1.54, 1.807) is 33.9 Å². The summed E-state index contributed by atoms with van der Waals surface area (Å²) in [7, 11) is 0. The molecular formula is C18H18FN7O3S. The molecule has 4 rings (SSSR count). The Morgan fingerprint density at radius 2 is 2.23 bits per heavy atom. The van der Waals surface area contributed by atoms with Gasteiger partial charge in [-0.05, 0) is 18.2 Å². The normalized spacial score (nSPS) is 16.0. The topological polar surface area (TPSA) is 107 Å². The van der Waals surface area contributed by atoms with Gasteiger partial charge in [-0.2, -0.15) is 17.7 Å². The van der Waals surface area contributed by atoms with E-state index in [1.807, 2.05) is 0 Å². The predicted molar refractivity (Wildman–Crippen MR) is 107 cm³/mol. The summed E-state index contributed by atoms with van der Waals surface area (Å²) in [5.74, 6) is -0.727. The number of nitrogens with zero attached hydrogens (tertiary/aromatic N) is 6. The van der Waals surface area contributed by atoms with Crippen LogP contribution in [0.15, 0.2) is 43.4 Å². The van der Waals surface area contributed by atoms with Crippen molar-refractivity contribution in [2.75, 3.05) is 23.7 Å². The molecule has 1 unspecified atom stereocenters. The van der Waals surface area contributed by atoms with E-state index in [0.29, 0.717) is 23.6 Å². The molecule has 156 valence electrons. The van der Waals surface area contributed by atoms with Crippen LogP contribution >= 0.6 is 12.6 Å². The standard InChI is InChI=1S/C18H18FN7O3S/c19-15-3-13(26-7-14(29-18(26)28)4-21-17(27)8-30)1-2-16(15)24-5-12(22-11-24)6-25-10-20-9-23-25/h1-3,5,9-11,14,30H,4,6-8H2,(H,21,27). The highest BCUT2D eigenvalue weighted by atomic mass is 32.1. The minimum absolute atomic E-state index is 0.0475. The van der Waals surface area contributed by atoms with Gasteiger partial charge in [-0.15, -0.1) is 0 Å². The zero-order valence-electron chi connectivity index (χ0n) is 15.7. The lowest BCUT2D eigenvalue weighted by Crippen LogP contribution is -2.35. The average molecular weight is 431 g/mol. The van der Waals surface area contributed by atoms with Crippen molar-refractivity contribution in [1.82, 2.24) is 29.6 Å². The number of rotatable bonds is 7. The molecule has 3 aromatic rings. The molecule has 0 saturated carbocycles. The predicted octanol–water partition coefficient (Wildman–Crippen LogP) is 1.02. The van der Waals surface area contributed by atoms with Gasteiger partial charge in [0.1, 0.15) is 24.6 Å². The number of ether oxygens (including phenoxy) is 1. The quantitative estimate of drug-likeness (QED) is 0.541. The SMILES string of the molecule is O=C(CS)NCC1CN(c2ccc(-n3cnc(Cn4cncn4)c3)c(F)c2)C(=O)O1. The van der Waals surface area contributed by atoms with Crippen molar-refractivity contribution in [2.24, 2.45) is 0 Å². The maximum absolute atomic E-state index is 14.8. The van der Waals surface area contributed by atoms with Crippen LogP contribution in [-0.2, 0) is 16.1 Å². The zero-order valence-corrected chi connectivity index (χ0v) is 16.6. The molecule has 1 aliphatic rings. The summed E-state index contributed by atoms with van der Waals surface area (Å²) in [6.45, 7) is 0.793. The van der Waals surface area contributed by atoms with Crippen LogP contribution in [0.1, 0.15) is 5.69 Å². The van der Waals surface area contributed by atoms with E-state index < -0.39 is 18.0 Å². The number of hydrogen-bond acceptors (Lipinski definition) is 7. The van der Waals surface area contributed by atoms with E-state index in [4.69, 9.17) is 4.74 Å². The molecule has 0 spiro atoms. The van der Waals surface area contributed by atoms with Gasteiger partial charge in [0.15, 0.2) is 0 Å². The highest BCUT2D eigenvalue weighted by Crippen LogP contribution is 2.25. The molecule has 2 aromatic heterocycles. The van der Waals surface area contributed by atoms with Crippen LogP contribution in [0.25, 0.3) is 5.69 Å². The van der Waals surface area contributed by atoms with E-state index in [0.717, 1.165) is 0 Å². The van der Waals surface area contributed by atoms with Crippen LogP contribution in [0.2, 0.25) is 0 Å². The Morgan fingerprint density at radius 3 is 2.97 bits per heavy atom. The van der Waals surface area contributed by atoms with Crippen LogP contribution in [0.4, 0.5) is 14.9 Å². The Kier molecular flexibility index (Phi) is 5.65. The Balaban J connectivity index is 1.45. The van der Waals surface area contributed by atoms with Gasteiger partial charge in [-0.1, -0.05) is 0 Å². The van der Waals surface area contributed by atoms with Crippen LogP contribution in [0.5, 0.6) is 0 Å². The highest BCUT2D eigenvalue weighted by molar-refractivity contribution is 7.81. The fourth-order valence-electron chi connectivity index (χ4n) is 3.05. The summed E-state index contributed by atoms with van der Waals surface area (Å²) in [4.78, 5) is 32.9. The first-order valence-corrected chi connectivity index (χ1v) is 9.67. The van der Waals surface area contributed by atoms with Gasteiger partial charge in [-0.25, -0.2) is 23.8 Å². The van der Waals surface area contributed by atoms with Gasteiger partial charge in [0.05, 0.1) is 48.8 Å². The third-order valence-electron chi connectivity index (χ3n) is 4.49. The van der Waals surface area contributed by atoms with Crippen LogP contribution in [0, 0.1) is 5.82 Å². The number of anilines is 1. The molecule has 0 bridgehead atoms. The van der Waals surface area contributed by atoms with Crippen molar-refractivity contribution >= 4 is 30.3 Å². The highest BCUT2D eigenvalue weighted by Gasteiger charge is 2.32. The van der Waals surface area contributed by atoms with E-state index in [2.05, 4.69) is 33.0 Å². The molecule has 30 heavy (non-hydrogen) atoms. The molecule has 10 nitrogen and oxygen atoms in total. The smallest absolute Gasteiger partial charge is 0.414 e. The number of nitrogens with one attached hydrogen (secondary N) is 1. The molecular weight excluding hydrogens is 413 g/mol. The maximum Gasteiger partial charge on any atom is 0.414 e. The fourth-order valence-corrected chi connectivity index (χ4v) is 3.16. The van der Waals surface area contributed by atoms with Crippen molar-refractivity contribution in [3.63, 3.8) is 0 Å².